The molecule has 0 atom stereocenters. The Hall–Kier alpha value is -4.00. The fourth-order valence-corrected chi connectivity index (χ4v) is 4.54. The van der Waals surface area contributed by atoms with Gasteiger partial charge in [-0.2, -0.15) is 5.10 Å². The highest BCUT2D eigenvalue weighted by molar-refractivity contribution is 7.20. The van der Waals surface area contributed by atoms with Gasteiger partial charge in [-0.3, -0.25) is 14.7 Å². The van der Waals surface area contributed by atoms with Gasteiger partial charge in [0.15, 0.2) is 0 Å². The van der Waals surface area contributed by atoms with E-state index in [2.05, 4.69) is 96.7 Å². The van der Waals surface area contributed by atoms with Gasteiger partial charge in [-0.25, -0.2) is 4.99 Å². The fourth-order valence-electron chi connectivity index (χ4n) is 4.32. The zero-order chi connectivity index (χ0) is 31.8. The minimum atomic E-state index is -0.0235. The minimum Gasteiger partial charge on any atom is -0.372 e. The summed E-state index contributed by atoms with van der Waals surface area (Å²) in [6.07, 6.45) is 2.06. The maximum Gasteiger partial charge on any atom is 0.224 e. The van der Waals surface area contributed by atoms with E-state index in [0.717, 1.165) is 65.1 Å². The third-order valence-corrected chi connectivity index (χ3v) is 7.27. The van der Waals surface area contributed by atoms with Crippen molar-refractivity contribution >= 4 is 50.9 Å². The lowest BCUT2D eigenvalue weighted by Gasteiger charge is -2.30. The van der Waals surface area contributed by atoms with Crippen LogP contribution in [0.2, 0.25) is 0 Å². The molecule has 9 heteroatoms. The van der Waals surface area contributed by atoms with Gasteiger partial charge in [0.25, 0.3) is 0 Å². The average Bonchev–Trinajstić information content (AvgIpc) is 3.00. The summed E-state index contributed by atoms with van der Waals surface area (Å²) in [6, 6.07) is 15.9. The average molecular weight is 600 g/mol. The summed E-state index contributed by atoms with van der Waals surface area (Å²) in [4.78, 5) is 25.0. The number of carbonyl (C=O) groups excluding carboxylic acids is 1. The quantitative estimate of drug-likeness (QED) is 0.0999. The third-order valence-electron chi connectivity index (χ3n) is 6.95. The Morgan fingerprint density at radius 1 is 0.791 bits per heavy atom. The molecule has 0 fully saturated rings. The molecule has 43 heavy (non-hydrogen) atoms. The van der Waals surface area contributed by atoms with Crippen LogP contribution in [0.5, 0.6) is 0 Å². The number of amidine groups is 1. The molecule has 0 aliphatic rings. The molecule has 0 saturated heterocycles. The third kappa shape index (κ3) is 12.4. The summed E-state index contributed by atoms with van der Waals surface area (Å²) in [7, 11) is 3.70. The predicted octanol–water partition coefficient (Wildman–Crippen LogP) is 5.92. The Bertz CT molecular complexity index is 1340. The lowest BCUT2D eigenvalue weighted by atomic mass is 10.1. The molecule has 0 spiro atoms. The molecule has 8 nitrogen and oxygen atoms in total. The number of amides is 1. The Morgan fingerprint density at radius 3 is 1.93 bits per heavy atom. The molecule has 0 saturated carbocycles. The molecule has 0 bridgehead atoms. The van der Waals surface area contributed by atoms with Crippen LogP contribution in [0.15, 0.2) is 87.6 Å². The lowest BCUT2D eigenvalue weighted by Crippen LogP contribution is -2.40. The summed E-state index contributed by atoms with van der Waals surface area (Å²) < 4.78 is 0. The fraction of sp³-hybridized carbons (Fsp3) is 0.353. The molecule has 0 aliphatic carbocycles. The molecule has 1 amide bonds. The molecule has 0 aliphatic heterocycles. The van der Waals surface area contributed by atoms with Crippen LogP contribution in [0.25, 0.3) is 5.70 Å². The molecule has 0 radical (unpaired) electrons. The summed E-state index contributed by atoms with van der Waals surface area (Å²) in [5, 5.41) is 11.3. The second-order valence-electron chi connectivity index (χ2n) is 10.3. The van der Waals surface area contributed by atoms with E-state index >= 15 is 0 Å². The van der Waals surface area contributed by atoms with Gasteiger partial charge < -0.3 is 10.2 Å². The monoisotopic (exact) mass is 599 g/mol. The molecule has 2 rings (SSSR count). The van der Waals surface area contributed by atoms with Crippen LogP contribution in [0.1, 0.15) is 56.4 Å². The molecule has 2 aromatic carbocycles. The number of nitrogens with one attached hydrogen (secondary N) is 1. The first-order valence-electron chi connectivity index (χ1n) is 14.5. The Labute approximate surface area is 260 Å². The van der Waals surface area contributed by atoms with Crippen molar-refractivity contribution in [3.05, 3.63) is 89.6 Å². The molecular formula is C34H46N7OP. The van der Waals surface area contributed by atoms with Gasteiger partial charge in [-0.05, 0) is 62.9 Å². The summed E-state index contributed by atoms with van der Waals surface area (Å²) >= 11 is 0. The summed E-state index contributed by atoms with van der Waals surface area (Å²) in [5.74, 6) is 0.483. The van der Waals surface area contributed by atoms with Crippen LogP contribution in [0.4, 0.5) is 0 Å². The van der Waals surface area contributed by atoms with Crippen LogP contribution < -0.4 is 5.32 Å². The van der Waals surface area contributed by atoms with Crippen LogP contribution in [-0.4, -0.2) is 78.8 Å². The summed E-state index contributed by atoms with van der Waals surface area (Å²) in [6.45, 7) is 27.0. The number of hydrogen-bond acceptors (Lipinski definition) is 5. The molecule has 0 heterocycles. The van der Waals surface area contributed by atoms with E-state index in [1.54, 1.807) is 6.92 Å². The smallest absolute Gasteiger partial charge is 0.224 e. The predicted molar refractivity (Wildman–Crippen MR) is 188 cm³/mol. The maximum absolute atomic E-state index is 12.8. The first-order chi connectivity index (χ1) is 20.6. The van der Waals surface area contributed by atoms with Crippen LogP contribution in [0, 0.1) is 0 Å². The highest BCUT2D eigenvalue weighted by atomic mass is 31.0. The Kier molecular flexibility index (Phi) is 15.2. The molecule has 0 aromatic heterocycles. The van der Waals surface area contributed by atoms with E-state index < -0.39 is 0 Å². The van der Waals surface area contributed by atoms with Crippen LogP contribution in [-0.2, 0) is 17.6 Å². The van der Waals surface area contributed by atoms with E-state index in [4.69, 9.17) is 0 Å². The van der Waals surface area contributed by atoms with E-state index in [0.29, 0.717) is 37.5 Å². The molecule has 0 unspecified atom stereocenters. The topological polar surface area (TPSA) is 85.0 Å². The van der Waals surface area contributed by atoms with Gasteiger partial charge in [-0.1, -0.05) is 68.6 Å². The van der Waals surface area contributed by atoms with Crippen molar-refractivity contribution in [1.82, 2.24) is 15.1 Å². The van der Waals surface area contributed by atoms with E-state index in [9.17, 15) is 4.79 Å². The number of benzene rings is 2. The van der Waals surface area contributed by atoms with Gasteiger partial charge in [0.1, 0.15) is 5.84 Å². The molecule has 228 valence electrons. The molecule has 1 N–H and O–H groups in total. The molecular weight excluding hydrogens is 553 g/mol. The number of carbonyl (C=O) groups is 1. The SMILES string of the molecule is C=NC(=C)c1ccc(CC(=C)N(CCNC(=O)Cc2ccc(/C(C)=N/N=C(/C)N=C)cc2)CCN(CCC)C(C)=P)cc1. The maximum atomic E-state index is 12.8. The van der Waals surface area contributed by atoms with E-state index in [-0.39, 0.29) is 5.91 Å². The second kappa shape index (κ2) is 18.5. The number of allylic oxidation sites excluding steroid dienone is 1. The van der Waals surface area contributed by atoms with Gasteiger partial charge in [0, 0.05) is 50.3 Å². The lowest BCUT2D eigenvalue weighted by molar-refractivity contribution is -0.120. The highest BCUT2D eigenvalue weighted by Gasteiger charge is 2.13. The van der Waals surface area contributed by atoms with Crippen molar-refractivity contribution in [2.45, 2.75) is 47.0 Å². The van der Waals surface area contributed by atoms with E-state index in [1.165, 1.54) is 0 Å². The van der Waals surface area contributed by atoms with Crippen molar-refractivity contribution in [2.75, 3.05) is 32.7 Å². The van der Waals surface area contributed by atoms with Gasteiger partial charge in [0.05, 0.1) is 17.8 Å². The van der Waals surface area contributed by atoms with Crippen molar-refractivity contribution in [1.29, 1.82) is 0 Å². The van der Waals surface area contributed by atoms with Gasteiger partial charge >= 0.3 is 0 Å². The largest absolute Gasteiger partial charge is 0.372 e. The first kappa shape index (κ1) is 35.2. The van der Waals surface area contributed by atoms with E-state index in [1.807, 2.05) is 43.3 Å². The zero-order valence-electron chi connectivity index (χ0n) is 26.2. The number of aliphatic imine (C=N–C) groups is 2. The number of rotatable bonds is 18. The Balaban J connectivity index is 2.01. The first-order valence-corrected chi connectivity index (χ1v) is 15.0. The van der Waals surface area contributed by atoms with Crippen molar-refractivity contribution < 1.29 is 4.79 Å². The molecule has 2 aromatic rings. The highest BCUT2D eigenvalue weighted by Crippen LogP contribution is 2.17. The van der Waals surface area contributed by atoms with Gasteiger partial charge in [0.2, 0.25) is 5.91 Å². The number of hydrogen-bond donors (Lipinski definition) is 1. The van der Waals surface area contributed by atoms with Crippen molar-refractivity contribution in [2.24, 2.45) is 20.2 Å². The number of nitrogens with zero attached hydrogens (tertiary/aromatic N) is 6. The van der Waals surface area contributed by atoms with Crippen molar-refractivity contribution in [3.63, 3.8) is 0 Å². The summed E-state index contributed by atoms with van der Waals surface area (Å²) in [5.41, 5.74) is 7.49. The zero-order valence-corrected chi connectivity index (χ0v) is 27.2. The standard InChI is InChI=1S/C34H46N7OP/c1-9-19-41(29(6)43)22-21-40(25(2)23-30-10-14-32(15-11-30)26(3)35-7)20-18-37-34(42)24-31-12-16-33(17-13-31)27(4)38-39-28(5)36-8/h10-17,43H,2-3,7-9,18-24H2,1,4-6H3,(H,37,42)/b38-27+,39-28-. The second-order valence-corrected chi connectivity index (χ2v) is 11.0. The normalized spacial score (nSPS) is 11.7. The van der Waals surface area contributed by atoms with Crippen LogP contribution in [0.3, 0.4) is 0 Å². The minimum absolute atomic E-state index is 0.0235. The Morgan fingerprint density at radius 2 is 1.37 bits per heavy atom. The van der Waals surface area contributed by atoms with Gasteiger partial charge in [-0.15, -0.1) is 14.0 Å². The van der Waals surface area contributed by atoms with Crippen molar-refractivity contribution in [3.8, 4) is 0 Å². The van der Waals surface area contributed by atoms with Crippen LogP contribution >= 0.6 is 8.86 Å².